The van der Waals surface area contributed by atoms with Crippen molar-refractivity contribution in [1.29, 1.82) is 0 Å². The highest BCUT2D eigenvalue weighted by Gasteiger charge is 2.32. The zero-order valence-electron chi connectivity index (χ0n) is 15.4. The molecule has 0 saturated carbocycles. The van der Waals surface area contributed by atoms with Crippen LogP contribution in [0.4, 0.5) is 18.9 Å². The highest BCUT2D eigenvalue weighted by atomic mass is 19.4. The number of imidazole rings is 1. The van der Waals surface area contributed by atoms with Gasteiger partial charge in [-0.2, -0.15) is 0 Å². The highest BCUT2D eigenvalue weighted by Crippen LogP contribution is 2.29. The maximum absolute atomic E-state index is 12.5. The van der Waals surface area contributed by atoms with Gasteiger partial charge in [0.25, 0.3) is 0 Å². The second-order valence-corrected chi connectivity index (χ2v) is 6.14. The van der Waals surface area contributed by atoms with Crippen LogP contribution < -0.4 is 15.8 Å². The predicted octanol–water partition coefficient (Wildman–Crippen LogP) is 3.95. The van der Waals surface area contributed by atoms with Gasteiger partial charge in [0.05, 0.1) is 5.69 Å². The summed E-state index contributed by atoms with van der Waals surface area (Å²) in [6.45, 7) is 0.910. The van der Waals surface area contributed by atoms with Gasteiger partial charge in [0, 0.05) is 18.9 Å². The van der Waals surface area contributed by atoms with Gasteiger partial charge in [-0.15, -0.1) is 13.2 Å². The van der Waals surface area contributed by atoms with E-state index in [1.54, 1.807) is 12.3 Å². The quantitative estimate of drug-likeness (QED) is 0.463. The Labute approximate surface area is 165 Å². The summed E-state index contributed by atoms with van der Waals surface area (Å²) in [7, 11) is 0. The summed E-state index contributed by atoms with van der Waals surface area (Å²) in [4.78, 5) is 8.45. The van der Waals surface area contributed by atoms with E-state index in [0.717, 1.165) is 13.0 Å². The minimum absolute atomic E-state index is 0.0409. The van der Waals surface area contributed by atoms with Crippen molar-refractivity contribution < 1.29 is 17.9 Å². The molecule has 3 rings (SSSR count). The zero-order valence-corrected chi connectivity index (χ0v) is 15.4. The summed E-state index contributed by atoms with van der Waals surface area (Å²) in [5, 5.41) is 2.64. The molecule has 1 heterocycles. The summed E-state index contributed by atoms with van der Waals surface area (Å²) in [6.07, 6.45) is -0.438. The maximum Gasteiger partial charge on any atom is 0.573 e. The number of halogens is 3. The molecule has 0 saturated heterocycles. The molecule has 0 fully saturated rings. The lowest BCUT2D eigenvalue weighted by Crippen LogP contribution is -2.24. The van der Waals surface area contributed by atoms with E-state index in [1.165, 1.54) is 23.8 Å². The number of aryl methyl sites for hydroxylation is 2. The van der Waals surface area contributed by atoms with Crippen LogP contribution in [0.3, 0.4) is 0 Å². The number of rotatable bonds is 7. The van der Waals surface area contributed by atoms with Gasteiger partial charge in [0.2, 0.25) is 0 Å². The van der Waals surface area contributed by atoms with Crippen molar-refractivity contribution in [3.8, 4) is 5.75 Å². The predicted molar refractivity (Wildman–Crippen MR) is 104 cm³/mol. The molecule has 3 aromatic rings. The van der Waals surface area contributed by atoms with Gasteiger partial charge in [0.15, 0.2) is 11.7 Å². The molecule has 2 aromatic carbocycles. The van der Waals surface area contributed by atoms with Crippen molar-refractivity contribution >= 4 is 11.6 Å². The van der Waals surface area contributed by atoms with Gasteiger partial charge in [0.1, 0.15) is 12.4 Å². The van der Waals surface area contributed by atoms with Crippen LogP contribution in [0.15, 0.2) is 72.0 Å². The average Bonchev–Trinajstić information content (AvgIpc) is 3.13. The third-order valence-electron chi connectivity index (χ3n) is 4.05. The van der Waals surface area contributed by atoms with Gasteiger partial charge in [-0.1, -0.05) is 42.5 Å². The van der Waals surface area contributed by atoms with E-state index < -0.39 is 6.36 Å². The lowest BCUT2D eigenvalue weighted by Gasteiger charge is -2.14. The fourth-order valence-corrected chi connectivity index (χ4v) is 2.71. The number of hydrogen-bond donors (Lipinski definition) is 2. The SMILES string of the molecule is NC(=NCc1nccn1CCc1ccccc1)Nc1ccccc1OC(F)(F)F. The van der Waals surface area contributed by atoms with Crippen LogP contribution in [-0.4, -0.2) is 21.9 Å². The molecule has 0 aliphatic heterocycles. The molecule has 0 atom stereocenters. The fourth-order valence-electron chi connectivity index (χ4n) is 2.71. The monoisotopic (exact) mass is 403 g/mol. The molecule has 0 aliphatic rings. The summed E-state index contributed by atoms with van der Waals surface area (Å²) in [6, 6.07) is 15.7. The number of guanidine groups is 1. The van der Waals surface area contributed by atoms with E-state index in [1.807, 2.05) is 29.0 Å². The van der Waals surface area contributed by atoms with Gasteiger partial charge in [-0.3, -0.25) is 0 Å². The van der Waals surface area contributed by atoms with E-state index >= 15 is 0 Å². The third kappa shape index (κ3) is 6.27. The molecule has 9 heteroatoms. The first-order valence-electron chi connectivity index (χ1n) is 8.86. The van der Waals surface area contributed by atoms with Crippen LogP contribution in [0.2, 0.25) is 0 Å². The molecule has 0 unspecified atom stereocenters. The Morgan fingerprint density at radius 3 is 2.59 bits per heavy atom. The number of nitrogens with one attached hydrogen (secondary N) is 1. The van der Waals surface area contributed by atoms with Crippen LogP contribution >= 0.6 is 0 Å². The molecule has 152 valence electrons. The molecule has 0 bridgehead atoms. The Balaban J connectivity index is 1.62. The summed E-state index contributed by atoms with van der Waals surface area (Å²) < 4.78 is 43.5. The van der Waals surface area contributed by atoms with Gasteiger partial charge in [-0.05, 0) is 24.1 Å². The van der Waals surface area contributed by atoms with Crippen LogP contribution in [0, 0.1) is 0 Å². The largest absolute Gasteiger partial charge is 0.573 e. The van der Waals surface area contributed by atoms with E-state index in [9.17, 15) is 13.2 Å². The van der Waals surface area contributed by atoms with E-state index in [0.29, 0.717) is 5.82 Å². The standard InChI is InChI=1S/C20H20F3N5O/c21-20(22,23)29-17-9-5-4-8-16(17)27-19(24)26-14-18-25-11-13-28(18)12-10-15-6-2-1-3-7-15/h1-9,11,13H,10,12,14H2,(H3,24,26,27). The molecule has 3 N–H and O–H groups in total. The molecule has 0 radical (unpaired) electrons. The van der Waals surface area contributed by atoms with Crippen molar-refractivity contribution in [2.24, 2.45) is 10.7 Å². The smallest absolute Gasteiger partial charge is 0.404 e. The highest BCUT2D eigenvalue weighted by molar-refractivity contribution is 5.93. The molecule has 0 spiro atoms. The Morgan fingerprint density at radius 2 is 1.83 bits per heavy atom. The Bertz CT molecular complexity index is 954. The van der Waals surface area contributed by atoms with E-state index in [-0.39, 0.29) is 23.9 Å². The summed E-state index contributed by atoms with van der Waals surface area (Å²) >= 11 is 0. The molecule has 0 amide bonds. The number of anilines is 1. The first-order chi connectivity index (χ1) is 13.9. The average molecular weight is 403 g/mol. The lowest BCUT2D eigenvalue weighted by molar-refractivity contribution is -0.274. The third-order valence-corrected chi connectivity index (χ3v) is 4.05. The molecule has 6 nitrogen and oxygen atoms in total. The first kappa shape index (κ1) is 20.2. The van der Waals surface area contributed by atoms with Crippen molar-refractivity contribution in [2.45, 2.75) is 25.9 Å². The molecule has 29 heavy (non-hydrogen) atoms. The number of aromatic nitrogens is 2. The lowest BCUT2D eigenvalue weighted by atomic mass is 10.1. The Hall–Kier alpha value is -3.49. The molecular weight excluding hydrogens is 383 g/mol. The van der Waals surface area contributed by atoms with Gasteiger partial charge >= 0.3 is 6.36 Å². The second kappa shape index (κ2) is 9.13. The number of ether oxygens (including phenoxy) is 1. The molecule has 1 aromatic heterocycles. The van der Waals surface area contributed by atoms with Crippen molar-refractivity contribution in [3.05, 3.63) is 78.4 Å². The summed E-state index contributed by atoms with van der Waals surface area (Å²) in [5.74, 6) is 0.272. The van der Waals surface area contributed by atoms with Crippen LogP contribution in [-0.2, 0) is 19.5 Å². The number of hydrogen-bond acceptors (Lipinski definition) is 3. The van der Waals surface area contributed by atoms with Crippen LogP contribution in [0.1, 0.15) is 11.4 Å². The van der Waals surface area contributed by atoms with Gasteiger partial charge < -0.3 is 20.4 Å². The molecular formula is C20H20F3N5O. The van der Waals surface area contributed by atoms with Crippen molar-refractivity contribution in [1.82, 2.24) is 9.55 Å². The van der Waals surface area contributed by atoms with Crippen LogP contribution in [0.5, 0.6) is 5.75 Å². The van der Waals surface area contributed by atoms with Crippen molar-refractivity contribution in [3.63, 3.8) is 0 Å². The Morgan fingerprint density at radius 1 is 1.10 bits per heavy atom. The topological polar surface area (TPSA) is 77.5 Å². The van der Waals surface area contributed by atoms with E-state index in [2.05, 4.69) is 32.2 Å². The zero-order chi connectivity index (χ0) is 20.7. The number of nitrogens with two attached hydrogens (primary N) is 1. The number of para-hydroxylation sites is 2. The minimum atomic E-state index is -4.80. The normalized spacial score (nSPS) is 12.0. The van der Waals surface area contributed by atoms with E-state index in [4.69, 9.17) is 5.73 Å². The van der Waals surface area contributed by atoms with Crippen LogP contribution in [0.25, 0.3) is 0 Å². The Kier molecular flexibility index (Phi) is 6.38. The molecule has 0 aliphatic carbocycles. The maximum atomic E-state index is 12.5. The minimum Gasteiger partial charge on any atom is -0.404 e. The number of aliphatic imine (C=N–C) groups is 1. The second-order valence-electron chi connectivity index (χ2n) is 6.14. The number of alkyl halides is 3. The number of nitrogens with zero attached hydrogens (tertiary/aromatic N) is 3. The van der Waals surface area contributed by atoms with Crippen molar-refractivity contribution in [2.75, 3.05) is 5.32 Å². The number of benzene rings is 2. The fraction of sp³-hybridized carbons (Fsp3) is 0.200. The summed E-state index contributed by atoms with van der Waals surface area (Å²) in [5.41, 5.74) is 7.11. The van der Waals surface area contributed by atoms with Gasteiger partial charge in [-0.25, -0.2) is 9.98 Å². The first-order valence-corrected chi connectivity index (χ1v) is 8.86.